The number of benzene rings is 2. The summed E-state index contributed by atoms with van der Waals surface area (Å²) in [4.78, 5) is 0. The standard InChI is InChI=1S/C19H22BrN/c1-13(16-11-10-15-6-5-7-17(15)12-16)21-14(2)18-8-3-4-9-19(18)20/h3-4,8-14,21H,5-7H2,1-2H3/t13?,14-/m1/s1. The number of hydrogen-bond acceptors (Lipinski definition) is 1. The average molecular weight is 344 g/mol. The SMILES string of the molecule is CC(N[C@H](C)c1ccccc1Br)c1ccc2c(c1)CCC2. The van der Waals surface area contributed by atoms with E-state index < -0.39 is 0 Å². The molecule has 110 valence electrons. The fourth-order valence-electron chi connectivity index (χ4n) is 3.25. The van der Waals surface area contributed by atoms with Crippen molar-refractivity contribution in [3.05, 3.63) is 69.2 Å². The molecule has 0 heterocycles. The predicted octanol–water partition coefficient (Wildman–Crippen LogP) is 5.35. The highest BCUT2D eigenvalue weighted by Crippen LogP contribution is 2.28. The lowest BCUT2D eigenvalue weighted by molar-refractivity contribution is 0.493. The summed E-state index contributed by atoms with van der Waals surface area (Å²) in [5.41, 5.74) is 5.81. The Labute approximate surface area is 135 Å². The fourth-order valence-corrected chi connectivity index (χ4v) is 3.88. The van der Waals surface area contributed by atoms with Crippen molar-refractivity contribution in [3.63, 3.8) is 0 Å². The minimum absolute atomic E-state index is 0.323. The van der Waals surface area contributed by atoms with E-state index in [0.717, 1.165) is 0 Å². The molecule has 1 aliphatic rings. The molecule has 2 atom stereocenters. The lowest BCUT2D eigenvalue weighted by Gasteiger charge is -2.22. The molecule has 0 bridgehead atoms. The minimum Gasteiger partial charge on any atom is -0.304 e. The van der Waals surface area contributed by atoms with Crippen LogP contribution in [-0.2, 0) is 12.8 Å². The van der Waals surface area contributed by atoms with Gasteiger partial charge in [-0.1, -0.05) is 52.3 Å². The second kappa shape index (κ2) is 6.33. The van der Waals surface area contributed by atoms with Crippen molar-refractivity contribution in [3.8, 4) is 0 Å². The Morgan fingerprint density at radius 2 is 1.71 bits per heavy atom. The molecule has 0 saturated carbocycles. The Kier molecular flexibility index (Phi) is 4.46. The molecule has 3 rings (SSSR count). The van der Waals surface area contributed by atoms with E-state index in [9.17, 15) is 0 Å². The van der Waals surface area contributed by atoms with Crippen molar-refractivity contribution < 1.29 is 0 Å². The van der Waals surface area contributed by atoms with Gasteiger partial charge in [0.1, 0.15) is 0 Å². The van der Waals surface area contributed by atoms with Gasteiger partial charge in [0.25, 0.3) is 0 Å². The van der Waals surface area contributed by atoms with Crippen molar-refractivity contribution in [2.45, 2.75) is 45.2 Å². The molecule has 0 amide bonds. The number of nitrogens with one attached hydrogen (secondary N) is 1. The van der Waals surface area contributed by atoms with Crippen molar-refractivity contribution in [2.24, 2.45) is 0 Å². The monoisotopic (exact) mass is 343 g/mol. The van der Waals surface area contributed by atoms with Crippen LogP contribution in [0.15, 0.2) is 46.9 Å². The van der Waals surface area contributed by atoms with Crippen LogP contribution in [0.5, 0.6) is 0 Å². The maximum Gasteiger partial charge on any atom is 0.0308 e. The van der Waals surface area contributed by atoms with Gasteiger partial charge in [-0.3, -0.25) is 0 Å². The van der Waals surface area contributed by atoms with Gasteiger partial charge in [-0.25, -0.2) is 0 Å². The molecule has 0 fully saturated rings. The van der Waals surface area contributed by atoms with Crippen molar-refractivity contribution >= 4 is 15.9 Å². The topological polar surface area (TPSA) is 12.0 Å². The molecule has 21 heavy (non-hydrogen) atoms. The maximum absolute atomic E-state index is 3.71. The van der Waals surface area contributed by atoms with E-state index in [-0.39, 0.29) is 0 Å². The summed E-state index contributed by atoms with van der Waals surface area (Å²) < 4.78 is 1.17. The summed E-state index contributed by atoms with van der Waals surface area (Å²) in [6.45, 7) is 4.48. The van der Waals surface area contributed by atoms with Gasteiger partial charge < -0.3 is 5.32 Å². The van der Waals surface area contributed by atoms with E-state index in [4.69, 9.17) is 0 Å². The Balaban J connectivity index is 1.74. The molecule has 0 aliphatic heterocycles. The third kappa shape index (κ3) is 3.22. The van der Waals surface area contributed by atoms with Gasteiger partial charge in [0.15, 0.2) is 0 Å². The van der Waals surface area contributed by atoms with Gasteiger partial charge in [-0.15, -0.1) is 0 Å². The van der Waals surface area contributed by atoms with Crippen LogP contribution in [0.2, 0.25) is 0 Å². The van der Waals surface area contributed by atoms with Gasteiger partial charge in [0.2, 0.25) is 0 Å². The Hall–Kier alpha value is -1.12. The van der Waals surface area contributed by atoms with Gasteiger partial charge >= 0.3 is 0 Å². The van der Waals surface area contributed by atoms with Crippen LogP contribution >= 0.6 is 15.9 Å². The minimum atomic E-state index is 0.323. The highest BCUT2D eigenvalue weighted by atomic mass is 79.9. The number of fused-ring (bicyclic) bond motifs is 1. The molecule has 0 spiro atoms. The predicted molar refractivity (Wildman–Crippen MR) is 92.6 cm³/mol. The summed E-state index contributed by atoms with van der Waals surface area (Å²) in [7, 11) is 0. The molecule has 1 N–H and O–H groups in total. The normalized spacial score (nSPS) is 16.5. The van der Waals surface area contributed by atoms with Crippen LogP contribution in [0.25, 0.3) is 0 Å². The smallest absolute Gasteiger partial charge is 0.0308 e. The van der Waals surface area contributed by atoms with Gasteiger partial charge in [-0.2, -0.15) is 0 Å². The molecule has 1 unspecified atom stereocenters. The van der Waals surface area contributed by atoms with Crippen LogP contribution in [0.3, 0.4) is 0 Å². The average Bonchev–Trinajstić information content (AvgIpc) is 2.94. The second-order valence-electron chi connectivity index (χ2n) is 6.01. The van der Waals surface area contributed by atoms with E-state index in [1.165, 1.54) is 34.9 Å². The third-order valence-corrected chi connectivity index (χ3v) is 5.22. The molecule has 0 saturated heterocycles. The first-order chi connectivity index (χ1) is 10.1. The first-order valence-electron chi connectivity index (χ1n) is 7.77. The Morgan fingerprint density at radius 1 is 0.952 bits per heavy atom. The van der Waals surface area contributed by atoms with Crippen LogP contribution in [-0.4, -0.2) is 0 Å². The summed E-state index contributed by atoms with van der Waals surface area (Å²) in [6.07, 6.45) is 3.81. The zero-order valence-corrected chi connectivity index (χ0v) is 14.3. The van der Waals surface area contributed by atoms with Crippen molar-refractivity contribution in [1.82, 2.24) is 5.32 Å². The molecule has 1 nitrogen and oxygen atoms in total. The highest BCUT2D eigenvalue weighted by Gasteiger charge is 2.16. The summed E-state index contributed by atoms with van der Waals surface area (Å²) in [6, 6.07) is 16.1. The van der Waals surface area contributed by atoms with E-state index in [2.05, 4.69) is 77.6 Å². The van der Waals surface area contributed by atoms with Crippen LogP contribution in [0.1, 0.15) is 54.6 Å². The quantitative estimate of drug-likeness (QED) is 0.788. The van der Waals surface area contributed by atoms with E-state index in [0.29, 0.717) is 12.1 Å². The largest absolute Gasteiger partial charge is 0.304 e. The molecule has 2 aromatic rings. The Morgan fingerprint density at radius 3 is 2.52 bits per heavy atom. The number of aryl methyl sites for hydroxylation is 2. The second-order valence-corrected chi connectivity index (χ2v) is 6.87. The van der Waals surface area contributed by atoms with Crippen LogP contribution in [0.4, 0.5) is 0 Å². The molecule has 1 aliphatic carbocycles. The lowest BCUT2D eigenvalue weighted by atomic mass is 10.0. The lowest BCUT2D eigenvalue weighted by Crippen LogP contribution is -2.22. The molecule has 0 aromatic heterocycles. The zero-order chi connectivity index (χ0) is 14.8. The zero-order valence-electron chi connectivity index (χ0n) is 12.7. The van der Waals surface area contributed by atoms with Crippen LogP contribution in [0, 0.1) is 0 Å². The molecular formula is C19H22BrN. The van der Waals surface area contributed by atoms with Crippen molar-refractivity contribution in [2.75, 3.05) is 0 Å². The number of halogens is 1. The third-order valence-electron chi connectivity index (χ3n) is 4.49. The van der Waals surface area contributed by atoms with E-state index in [1.54, 1.807) is 11.1 Å². The first kappa shape index (κ1) is 14.8. The van der Waals surface area contributed by atoms with Gasteiger partial charge in [-0.05, 0) is 61.4 Å². The van der Waals surface area contributed by atoms with Gasteiger partial charge in [0, 0.05) is 16.6 Å². The van der Waals surface area contributed by atoms with Gasteiger partial charge in [0.05, 0.1) is 0 Å². The van der Waals surface area contributed by atoms with E-state index in [1.807, 2.05) is 0 Å². The Bertz CT molecular complexity index is 635. The van der Waals surface area contributed by atoms with Crippen molar-refractivity contribution in [1.29, 1.82) is 0 Å². The molecule has 2 heteroatoms. The highest BCUT2D eigenvalue weighted by molar-refractivity contribution is 9.10. The summed E-state index contributed by atoms with van der Waals surface area (Å²) >= 11 is 3.64. The maximum atomic E-state index is 3.71. The number of hydrogen-bond donors (Lipinski definition) is 1. The number of rotatable bonds is 4. The fraction of sp³-hybridized carbons (Fsp3) is 0.368. The molecule has 0 radical (unpaired) electrons. The molecular weight excluding hydrogens is 322 g/mol. The summed E-state index contributed by atoms with van der Waals surface area (Å²) in [5, 5.41) is 3.71. The molecule has 2 aromatic carbocycles. The first-order valence-corrected chi connectivity index (χ1v) is 8.56. The summed E-state index contributed by atoms with van der Waals surface area (Å²) in [5.74, 6) is 0. The van der Waals surface area contributed by atoms with Crippen LogP contribution < -0.4 is 5.32 Å². The van der Waals surface area contributed by atoms with E-state index >= 15 is 0 Å².